The van der Waals surface area contributed by atoms with Crippen molar-refractivity contribution < 1.29 is 43.0 Å². The number of imidazole rings is 3. The number of rotatable bonds is 18. The fourth-order valence-corrected chi connectivity index (χ4v) is 4.90. The van der Waals surface area contributed by atoms with Crippen molar-refractivity contribution in [1.82, 2.24) is 45.9 Å². The molecule has 6 N–H and O–H groups in total. The van der Waals surface area contributed by atoms with Gasteiger partial charge in [-0.15, -0.1) is 0 Å². The van der Waals surface area contributed by atoms with Crippen LogP contribution in [0.25, 0.3) is 0 Å². The monoisotopic (exact) mass is 705 g/mol. The van der Waals surface area contributed by atoms with E-state index in [-0.39, 0.29) is 55.8 Å². The van der Waals surface area contributed by atoms with E-state index >= 15 is 0 Å². The molecule has 0 bridgehead atoms. The van der Waals surface area contributed by atoms with Crippen LogP contribution < -0.4 is 16.0 Å². The molecule has 51 heavy (non-hydrogen) atoms. The quantitative estimate of drug-likeness (QED) is 0.0614. The number of nitrogens with zero attached hydrogens (tertiary/aromatic N) is 3. The maximum absolute atomic E-state index is 13.7. The number of amides is 3. The average molecular weight is 706 g/mol. The Hall–Kier alpha value is -6.33. The Morgan fingerprint density at radius 3 is 1.02 bits per heavy atom. The molecule has 4 rings (SSSR count). The molecule has 0 saturated carbocycles. The van der Waals surface area contributed by atoms with Gasteiger partial charge in [-0.3, -0.25) is 14.4 Å². The predicted octanol–water partition coefficient (Wildman–Crippen LogP) is 0.569. The van der Waals surface area contributed by atoms with Crippen LogP contribution >= 0.6 is 0 Å². The highest BCUT2D eigenvalue weighted by atomic mass is 16.5. The number of hydrogen-bond donors (Lipinski definition) is 6. The second-order valence-corrected chi connectivity index (χ2v) is 11.0. The highest BCUT2D eigenvalue weighted by Gasteiger charge is 2.29. The Kier molecular flexibility index (Phi) is 13.6. The average Bonchev–Trinajstić information content (AvgIpc) is 3.93. The van der Waals surface area contributed by atoms with E-state index in [4.69, 9.17) is 14.2 Å². The van der Waals surface area contributed by atoms with Crippen molar-refractivity contribution in [3.63, 3.8) is 0 Å². The first-order valence-corrected chi connectivity index (χ1v) is 16.1. The largest absolute Gasteiger partial charge is 0.464 e. The number of nitrogens with one attached hydrogen (secondary N) is 6. The summed E-state index contributed by atoms with van der Waals surface area (Å²) in [6, 6.07) is 0.0943. The van der Waals surface area contributed by atoms with E-state index < -0.39 is 53.8 Å². The van der Waals surface area contributed by atoms with Gasteiger partial charge in [-0.1, -0.05) is 0 Å². The number of H-pyrrole nitrogens is 3. The van der Waals surface area contributed by atoms with E-state index in [0.29, 0.717) is 17.1 Å². The maximum atomic E-state index is 13.7. The Morgan fingerprint density at radius 2 is 0.804 bits per heavy atom. The zero-order valence-corrected chi connectivity index (χ0v) is 28.2. The minimum Gasteiger partial charge on any atom is -0.464 e. The van der Waals surface area contributed by atoms with Crippen molar-refractivity contribution >= 4 is 35.6 Å². The Balaban J connectivity index is 1.68. The van der Waals surface area contributed by atoms with Gasteiger partial charge in [0.25, 0.3) is 17.7 Å². The molecule has 3 atom stereocenters. The van der Waals surface area contributed by atoms with Crippen molar-refractivity contribution in [2.75, 3.05) is 19.8 Å². The van der Waals surface area contributed by atoms with Crippen molar-refractivity contribution in [1.29, 1.82) is 0 Å². The molecule has 0 radical (unpaired) electrons. The number of carbonyl (C=O) groups excluding carboxylic acids is 6. The van der Waals surface area contributed by atoms with Crippen LogP contribution in [-0.4, -0.2) is 103 Å². The van der Waals surface area contributed by atoms with Crippen LogP contribution in [0.5, 0.6) is 0 Å². The van der Waals surface area contributed by atoms with Gasteiger partial charge in [-0.05, 0) is 39.0 Å². The first-order valence-electron chi connectivity index (χ1n) is 16.1. The first kappa shape index (κ1) is 37.5. The number of aromatic amines is 3. The second kappa shape index (κ2) is 18.4. The normalized spacial score (nSPS) is 12.5. The Morgan fingerprint density at radius 1 is 0.529 bits per heavy atom. The van der Waals surface area contributed by atoms with Crippen molar-refractivity contribution in [3.8, 4) is 0 Å². The minimum atomic E-state index is -1.17. The molecule has 0 aliphatic heterocycles. The van der Waals surface area contributed by atoms with E-state index in [1.807, 2.05) is 0 Å². The lowest BCUT2D eigenvalue weighted by atomic mass is 10.0. The summed E-state index contributed by atoms with van der Waals surface area (Å²) in [5, 5.41) is 7.81. The molecule has 3 aromatic heterocycles. The standard InChI is InChI=1S/C33H39N9O9/c1-4-49-31(46)25(10-22-13-34-16-37-22)40-28(43)19-7-20(29(44)41-26(32(47)50-5-2)11-23-14-35-17-38-23)9-21(8-19)30(45)42-27(33(48)51-6-3)12-24-15-36-18-39-24/h7-9,13-18,25-27H,4-6,10-12H2,1-3H3,(H,34,37)(H,35,38)(H,36,39)(H,40,43)(H,41,44)(H,42,45). The van der Waals surface area contributed by atoms with Crippen molar-refractivity contribution in [3.05, 3.63) is 89.5 Å². The molecule has 0 saturated heterocycles. The molecule has 0 spiro atoms. The van der Waals surface area contributed by atoms with Crippen LogP contribution in [0.2, 0.25) is 0 Å². The molecule has 4 aromatic rings. The van der Waals surface area contributed by atoms with Crippen molar-refractivity contribution in [2.45, 2.75) is 58.2 Å². The highest BCUT2D eigenvalue weighted by molar-refractivity contribution is 6.06. The summed E-state index contributed by atoms with van der Waals surface area (Å²) in [4.78, 5) is 100. The van der Waals surface area contributed by atoms with Gasteiger partial charge in [0.2, 0.25) is 0 Å². The molecule has 0 aliphatic carbocycles. The zero-order valence-electron chi connectivity index (χ0n) is 28.2. The molecular weight excluding hydrogens is 666 g/mol. The third kappa shape index (κ3) is 10.8. The van der Waals surface area contributed by atoms with Gasteiger partial charge in [-0.25, -0.2) is 29.3 Å². The lowest BCUT2D eigenvalue weighted by Gasteiger charge is -2.20. The maximum Gasteiger partial charge on any atom is 0.329 e. The summed E-state index contributed by atoms with van der Waals surface area (Å²) in [6.45, 7) is 5.00. The van der Waals surface area contributed by atoms with E-state index in [9.17, 15) is 28.8 Å². The van der Waals surface area contributed by atoms with Gasteiger partial charge in [0.05, 0.1) is 38.8 Å². The SMILES string of the molecule is CCOC(=O)C(Cc1cnc[nH]1)NC(=O)c1cc(C(=O)NC(Cc2cnc[nH]2)C(=O)OCC)cc(C(=O)NC(Cc2cnc[nH]2)C(=O)OCC)c1. The van der Waals surface area contributed by atoms with Gasteiger partial charge in [0.15, 0.2) is 0 Å². The summed E-state index contributed by atoms with van der Waals surface area (Å²) in [7, 11) is 0. The molecule has 3 amide bonds. The molecule has 18 nitrogen and oxygen atoms in total. The highest BCUT2D eigenvalue weighted by Crippen LogP contribution is 2.15. The third-order valence-electron chi connectivity index (χ3n) is 7.29. The molecule has 3 unspecified atom stereocenters. The van der Waals surface area contributed by atoms with Gasteiger partial charge >= 0.3 is 17.9 Å². The molecule has 18 heteroatoms. The number of esters is 3. The van der Waals surface area contributed by atoms with Gasteiger partial charge < -0.3 is 45.1 Å². The predicted molar refractivity (Wildman–Crippen MR) is 177 cm³/mol. The number of benzene rings is 1. The smallest absolute Gasteiger partial charge is 0.329 e. The summed E-state index contributed by atoms with van der Waals surface area (Å²) >= 11 is 0. The van der Waals surface area contributed by atoms with Crippen LogP contribution in [-0.2, 0) is 47.9 Å². The summed E-state index contributed by atoms with van der Waals surface area (Å²) in [6.07, 6.45) is 8.70. The van der Waals surface area contributed by atoms with Crippen LogP contribution in [0.15, 0.2) is 55.8 Å². The van der Waals surface area contributed by atoms with Crippen LogP contribution in [0, 0.1) is 0 Å². The minimum absolute atomic E-state index is 0.00172. The molecule has 0 fully saturated rings. The molecular formula is C33H39N9O9. The van der Waals surface area contributed by atoms with E-state index in [1.54, 1.807) is 20.8 Å². The number of carbonyl (C=O) groups is 6. The van der Waals surface area contributed by atoms with Gasteiger partial charge in [0.1, 0.15) is 18.1 Å². The fourth-order valence-electron chi connectivity index (χ4n) is 4.90. The number of ether oxygens (including phenoxy) is 3. The van der Waals surface area contributed by atoms with Crippen LogP contribution in [0.1, 0.15) is 68.9 Å². The van der Waals surface area contributed by atoms with Crippen molar-refractivity contribution in [2.24, 2.45) is 0 Å². The Labute approximate surface area is 291 Å². The lowest BCUT2D eigenvalue weighted by Crippen LogP contribution is -2.45. The van der Waals surface area contributed by atoms with E-state index in [1.165, 1.54) is 55.8 Å². The third-order valence-corrected chi connectivity index (χ3v) is 7.29. The van der Waals surface area contributed by atoms with E-state index in [0.717, 1.165) is 0 Å². The molecule has 1 aromatic carbocycles. The topological polar surface area (TPSA) is 252 Å². The van der Waals surface area contributed by atoms with E-state index in [2.05, 4.69) is 45.9 Å². The number of hydrogen-bond acceptors (Lipinski definition) is 12. The van der Waals surface area contributed by atoms with Gasteiger partial charge in [-0.2, -0.15) is 0 Å². The lowest BCUT2D eigenvalue weighted by molar-refractivity contribution is -0.146. The van der Waals surface area contributed by atoms with Crippen LogP contribution in [0.3, 0.4) is 0 Å². The summed E-state index contributed by atoms with van der Waals surface area (Å²) in [5.74, 6) is -4.64. The first-order chi connectivity index (χ1) is 24.6. The molecule has 270 valence electrons. The number of aromatic nitrogens is 6. The van der Waals surface area contributed by atoms with Crippen LogP contribution in [0.4, 0.5) is 0 Å². The zero-order chi connectivity index (χ0) is 36.8. The van der Waals surface area contributed by atoms with Gasteiger partial charge in [0, 0.05) is 71.6 Å². The molecule has 0 aliphatic rings. The summed E-state index contributed by atoms with van der Waals surface area (Å²) < 4.78 is 15.5. The fraction of sp³-hybridized carbons (Fsp3) is 0.364. The molecule has 3 heterocycles. The summed E-state index contributed by atoms with van der Waals surface area (Å²) in [5.41, 5.74) is 1.04. The Bertz CT molecular complexity index is 1560. The second-order valence-electron chi connectivity index (χ2n) is 11.0.